The molecule has 1 aromatic rings. The van der Waals surface area contributed by atoms with Gasteiger partial charge in [0.1, 0.15) is 6.04 Å². The highest BCUT2D eigenvalue weighted by Crippen LogP contribution is 2.29. The lowest BCUT2D eigenvalue weighted by Crippen LogP contribution is -2.49. The van der Waals surface area contributed by atoms with Gasteiger partial charge in [-0.25, -0.2) is 4.79 Å². The summed E-state index contributed by atoms with van der Waals surface area (Å²) in [5.41, 5.74) is 0.926. The molecule has 1 aromatic carbocycles. The van der Waals surface area contributed by atoms with Crippen LogP contribution in [0, 0.1) is 11.8 Å². The van der Waals surface area contributed by atoms with Crippen LogP contribution in [0.3, 0.4) is 0 Å². The van der Waals surface area contributed by atoms with Gasteiger partial charge in [0.2, 0.25) is 5.91 Å². The molecule has 5 nitrogen and oxygen atoms in total. The van der Waals surface area contributed by atoms with Crippen molar-refractivity contribution in [1.29, 1.82) is 0 Å². The summed E-state index contributed by atoms with van der Waals surface area (Å²) in [6.45, 7) is 8.48. The van der Waals surface area contributed by atoms with Gasteiger partial charge in [-0.2, -0.15) is 0 Å². The van der Waals surface area contributed by atoms with Crippen molar-refractivity contribution in [1.82, 2.24) is 15.5 Å². The Labute approximate surface area is 138 Å². The predicted molar refractivity (Wildman–Crippen MR) is 90.9 cm³/mol. The predicted octanol–water partition coefficient (Wildman–Crippen LogP) is 2.55. The molecule has 1 heterocycles. The van der Waals surface area contributed by atoms with E-state index < -0.39 is 12.1 Å². The molecule has 2 N–H and O–H groups in total. The number of carbonyl (C=O) groups excluding carboxylic acids is 2. The fourth-order valence-electron chi connectivity index (χ4n) is 3.47. The SMILES string of the molecule is CCNC(=O)NC(=O)[C@@H](c1ccccc1)N1C[C@H](C)C[C@H](C)C1. The fraction of sp³-hybridized carbons (Fsp3) is 0.556. The Kier molecular flexibility index (Phi) is 6.16. The topological polar surface area (TPSA) is 61.4 Å². The zero-order chi connectivity index (χ0) is 16.8. The molecule has 2 rings (SSSR count). The van der Waals surface area contributed by atoms with Crippen LogP contribution in [0.25, 0.3) is 0 Å². The summed E-state index contributed by atoms with van der Waals surface area (Å²) in [6.07, 6.45) is 1.18. The second kappa shape index (κ2) is 8.11. The van der Waals surface area contributed by atoms with Gasteiger partial charge in [-0.15, -0.1) is 0 Å². The van der Waals surface area contributed by atoms with E-state index in [1.165, 1.54) is 6.42 Å². The molecule has 0 aromatic heterocycles. The summed E-state index contributed by atoms with van der Waals surface area (Å²) in [7, 11) is 0. The third-order valence-electron chi connectivity index (χ3n) is 4.20. The minimum Gasteiger partial charge on any atom is -0.338 e. The van der Waals surface area contributed by atoms with Crippen molar-refractivity contribution in [2.45, 2.75) is 33.2 Å². The number of nitrogens with zero attached hydrogens (tertiary/aromatic N) is 1. The van der Waals surface area contributed by atoms with Gasteiger partial charge in [-0.05, 0) is 30.7 Å². The van der Waals surface area contributed by atoms with Crippen molar-refractivity contribution in [2.75, 3.05) is 19.6 Å². The van der Waals surface area contributed by atoms with Crippen LogP contribution < -0.4 is 10.6 Å². The van der Waals surface area contributed by atoms with Gasteiger partial charge in [-0.1, -0.05) is 44.2 Å². The third-order valence-corrected chi connectivity index (χ3v) is 4.20. The van der Waals surface area contributed by atoms with Gasteiger partial charge in [0.25, 0.3) is 0 Å². The maximum Gasteiger partial charge on any atom is 0.321 e. The molecular weight excluding hydrogens is 290 g/mol. The van der Waals surface area contributed by atoms with Crippen molar-refractivity contribution in [3.63, 3.8) is 0 Å². The van der Waals surface area contributed by atoms with E-state index in [9.17, 15) is 9.59 Å². The lowest BCUT2D eigenvalue weighted by molar-refractivity contribution is -0.126. The van der Waals surface area contributed by atoms with Gasteiger partial charge in [-0.3, -0.25) is 15.0 Å². The number of nitrogens with one attached hydrogen (secondary N) is 2. The average Bonchev–Trinajstić information content (AvgIpc) is 2.47. The molecule has 0 aliphatic carbocycles. The van der Waals surface area contributed by atoms with Crippen LogP contribution in [0.4, 0.5) is 4.79 Å². The molecule has 5 heteroatoms. The van der Waals surface area contributed by atoms with E-state index in [0.29, 0.717) is 18.4 Å². The largest absolute Gasteiger partial charge is 0.338 e. The third kappa shape index (κ3) is 4.79. The maximum absolute atomic E-state index is 12.7. The van der Waals surface area contributed by atoms with E-state index in [1.807, 2.05) is 37.3 Å². The molecule has 3 atom stereocenters. The van der Waals surface area contributed by atoms with E-state index in [2.05, 4.69) is 29.4 Å². The second-order valence-corrected chi connectivity index (χ2v) is 6.56. The van der Waals surface area contributed by atoms with Gasteiger partial charge < -0.3 is 5.32 Å². The highest BCUT2D eigenvalue weighted by molar-refractivity contribution is 5.97. The molecule has 1 aliphatic heterocycles. The number of hydrogen-bond acceptors (Lipinski definition) is 3. The zero-order valence-electron chi connectivity index (χ0n) is 14.2. The molecular formula is C18H27N3O2. The van der Waals surface area contributed by atoms with Crippen molar-refractivity contribution in [3.05, 3.63) is 35.9 Å². The molecule has 0 spiro atoms. The lowest BCUT2D eigenvalue weighted by Gasteiger charge is -2.39. The van der Waals surface area contributed by atoms with Crippen LogP contribution in [-0.2, 0) is 4.79 Å². The van der Waals surface area contributed by atoms with Gasteiger partial charge in [0, 0.05) is 19.6 Å². The van der Waals surface area contributed by atoms with Gasteiger partial charge >= 0.3 is 6.03 Å². The number of benzene rings is 1. The number of piperidine rings is 1. The number of hydrogen-bond donors (Lipinski definition) is 2. The summed E-state index contributed by atoms with van der Waals surface area (Å²) in [6, 6.07) is 8.83. The first-order valence-electron chi connectivity index (χ1n) is 8.39. The highest BCUT2D eigenvalue weighted by atomic mass is 16.2. The standard InChI is InChI=1S/C18H27N3O2/c1-4-19-18(23)20-17(22)16(15-8-6-5-7-9-15)21-11-13(2)10-14(3)12-21/h5-9,13-14,16H,4,10-12H2,1-3H3,(H2,19,20,22,23)/t13-,14+,16-/m1/s1. The summed E-state index contributed by atoms with van der Waals surface area (Å²) in [4.78, 5) is 26.7. The van der Waals surface area contributed by atoms with E-state index in [1.54, 1.807) is 0 Å². The Morgan fingerprint density at radius 2 is 1.78 bits per heavy atom. The molecule has 0 unspecified atom stereocenters. The Bertz CT molecular complexity index is 522. The van der Waals surface area contributed by atoms with E-state index >= 15 is 0 Å². The molecule has 126 valence electrons. The smallest absolute Gasteiger partial charge is 0.321 e. The van der Waals surface area contributed by atoms with Crippen molar-refractivity contribution in [3.8, 4) is 0 Å². The van der Waals surface area contributed by atoms with Gasteiger partial charge in [0.05, 0.1) is 0 Å². The number of likely N-dealkylation sites (tertiary alicyclic amines) is 1. The zero-order valence-corrected chi connectivity index (χ0v) is 14.2. The molecule has 0 bridgehead atoms. The Morgan fingerprint density at radius 1 is 1.17 bits per heavy atom. The second-order valence-electron chi connectivity index (χ2n) is 6.56. The Morgan fingerprint density at radius 3 is 2.35 bits per heavy atom. The number of amides is 3. The normalized spacial score (nSPS) is 23.1. The van der Waals surface area contributed by atoms with Gasteiger partial charge in [0.15, 0.2) is 0 Å². The lowest BCUT2D eigenvalue weighted by atomic mass is 9.89. The van der Waals surface area contributed by atoms with E-state index in [0.717, 1.165) is 18.7 Å². The molecule has 23 heavy (non-hydrogen) atoms. The van der Waals surface area contributed by atoms with Crippen LogP contribution >= 0.6 is 0 Å². The Hall–Kier alpha value is -1.88. The number of imide groups is 1. The van der Waals surface area contributed by atoms with Crippen molar-refractivity contribution >= 4 is 11.9 Å². The molecule has 1 aliphatic rings. The summed E-state index contributed by atoms with van der Waals surface area (Å²) in [5.74, 6) is 0.827. The maximum atomic E-state index is 12.7. The summed E-state index contributed by atoms with van der Waals surface area (Å²) < 4.78 is 0. The molecule has 3 amide bonds. The molecule has 0 radical (unpaired) electrons. The number of urea groups is 1. The van der Waals surface area contributed by atoms with Crippen LogP contribution in [0.1, 0.15) is 38.8 Å². The van der Waals surface area contributed by atoms with E-state index in [4.69, 9.17) is 0 Å². The van der Waals surface area contributed by atoms with Crippen molar-refractivity contribution < 1.29 is 9.59 Å². The summed E-state index contributed by atoms with van der Waals surface area (Å²) in [5, 5.41) is 5.09. The first kappa shape index (κ1) is 17.5. The highest BCUT2D eigenvalue weighted by Gasteiger charge is 2.33. The quantitative estimate of drug-likeness (QED) is 0.897. The van der Waals surface area contributed by atoms with Crippen LogP contribution in [0.15, 0.2) is 30.3 Å². The molecule has 1 fully saturated rings. The number of carbonyl (C=O) groups is 2. The number of rotatable bonds is 4. The minimum atomic E-state index is -0.434. The minimum absolute atomic E-state index is 0.261. The van der Waals surface area contributed by atoms with Crippen molar-refractivity contribution in [2.24, 2.45) is 11.8 Å². The van der Waals surface area contributed by atoms with Crippen LogP contribution in [0.5, 0.6) is 0 Å². The average molecular weight is 317 g/mol. The van der Waals surface area contributed by atoms with E-state index in [-0.39, 0.29) is 5.91 Å². The molecule has 1 saturated heterocycles. The molecule has 0 saturated carbocycles. The van der Waals surface area contributed by atoms with Crippen LogP contribution in [-0.4, -0.2) is 36.5 Å². The first-order valence-corrected chi connectivity index (χ1v) is 8.39. The monoisotopic (exact) mass is 317 g/mol. The first-order chi connectivity index (χ1) is 11.0. The fourth-order valence-corrected chi connectivity index (χ4v) is 3.47. The summed E-state index contributed by atoms with van der Waals surface area (Å²) >= 11 is 0. The van der Waals surface area contributed by atoms with Crippen LogP contribution in [0.2, 0.25) is 0 Å². The Balaban J connectivity index is 2.21.